The Morgan fingerprint density at radius 3 is 2.27 bits per heavy atom. The Morgan fingerprint density at radius 2 is 1.63 bits per heavy atom. The lowest BCUT2D eigenvalue weighted by Crippen LogP contribution is -2.40. The molecule has 0 spiro atoms. The van der Waals surface area contributed by atoms with Gasteiger partial charge in [0.2, 0.25) is 0 Å². The molecule has 0 aromatic heterocycles. The molecule has 0 amide bonds. The lowest BCUT2D eigenvalue weighted by Gasteiger charge is -2.35. The molecule has 0 radical (unpaired) electrons. The van der Waals surface area contributed by atoms with Crippen LogP contribution in [0.3, 0.4) is 0 Å². The van der Waals surface area contributed by atoms with E-state index in [2.05, 4.69) is 31.3 Å². The standard InChI is InChI=1S/C25H27Cl2NOS/c1-3-28-16-18(2)25(29,20-7-5-4-6-8-20)21-10-13-23(14-11-21)30-17-19-9-12-22(26)15-24(19)27/h4-15,18,28-29H,3,16-17H2,1-2H3. The van der Waals surface area contributed by atoms with Crippen molar-refractivity contribution in [2.45, 2.75) is 30.1 Å². The Hall–Kier alpha value is -1.49. The number of aliphatic hydroxyl groups is 1. The molecule has 3 aromatic rings. The smallest absolute Gasteiger partial charge is 0.118 e. The van der Waals surface area contributed by atoms with Gasteiger partial charge < -0.3 is 10.4 Å². The molecule has 2 N–H and O–H groups in total. The molecule has 2 atom stereocenters. The van der Waals surface area contributed by atoms with E-state index in [9.17, 15) is 5.11 Å². The molecule has 158 valence electrons. The van der Waals surface area contributed by atoms with E-state index in [1.54, 1.807) is 17.8 Å². The van der Waals surface area contributed by atoms with Crippen molar-refractivity contribution in [1.82, 2.24) is 5.32 Å². The minimum Gasteiger partial charge on any atom is -0.380 e. The van der Waals surface area contributed by atoms with Crippen LogP contribution in [-0.2, 0) is 11.4 Å². The van der Waals surface area contributed by atoms with Gasteiger partial charge in [-0.15, -0.1) is 11.8 Å². The molecular formula is C25H27Cl2NOS. The van der Waals surface area contributed by atoms with E-state index in [1.807, 2.05) is 54.6 Å². The van der Waals surface area contributed by atoms with Crippen LogP contribution in [0.1, 0.15) is 30.5 Å². The Balaban J connectivity index is 1.81. The summed E-state index contributed by atoms with van der Waals surface area (Å²) in [4.78, 5) is 1.12. The fourth-order valence-corrected chi connectivity index (χ4v) is 5.00. The highest BCUT2D eigenvalue weighted by Crippen LogP contribution is 2.38. The first-order valence-electron chi connectivity index (χ1n) is 10.1. The van der Waals surface area contributed by atoms with E-state index in [4.69, 9.17) is 23.2 Å². The van der Waals surface area contributed by atoms with Crippen LogP contribution in [-0.4, -0.2) is 18.2 Å². The number of thioether (sulfide) groups is 1. The number of nitrogens with one attached hydrogen (secondary N) is 1. The van der Waals surface area contributed by atoms with Gasteiger partial charge in [-0.3, -0.25) is 0 Å². The normalized spacial score (nSPS) is 14.3. The molecular weight excluding hydrogens is 433 g/mol. The van der Waals surface area contributed by atoms with Gasteiger partial charge in [-0.05, 0) is 47.5 Å². The van der Waals surface area contributed by atoms with Crippen LogP contribution in [0.25, 0.3) is 0 Å². The van der Waals surface area contributed by atoms with Crippen molar-refractivity contribution in [2.24, 2.45) is 5.92 Å². The molecule has 0 fully saturated rings. The first kappa shape index (κ1) is 23.2. The highest BCUT2D eigenvalue weighted by Gasteiger charge is 2.37. The fraction of sp³-hybridized carbons (Fsp3) is 0.280. The van der Waals surface area contributed by atoms with Crippen LogP contribution >= 0.6 is 35.0 Å². The average molecular weight is 460 g/mol. The number of hydrogen-bond acceptors (Lipinski definition) is 3. The zero-order valence-corrected chi connectivity index (χ0v) is 19.6. The lowest BCUT2D eigenvalue weighted by molar-refractivity contribution is 0.0243. The molecule has 0 aliphatic carbocycles. The van der Waals surface area contributed by atoms with Gasteiger partial charge in [0, 0.05) is 33.2 Å². The third-order valence-corrected chi connectivity index (χ3v) is 6.98. The summed E-state index contributed by atoms with van der Waals surface area (Å²) in [6.07, 6.45) is 0. The average Bonchev–Trinajstić information content (AvgIpc) is 2.77. The van der Waals surface area contributed by atoms with Crippen molar-refractivity contribution in [3.8, 4) is 0 Å². The predicted octanol–water partition coefficient (Wildman–Crippen LogP) is 6.77. The molecule has 5 heteroatoms. The van der Waals surface area contributed by atoms with Gasteiger partial charge in [0.05, 0.1) is 0 Å². The van der Waals surface area contributed by atoms with Gasteiger partial charge in [-0.25, -0.2) is 0 Å². The first-order valence-corrected chi connectivity index (χ1v) is 11.8. The minimum absolute atomic E-state index is 0.00577. The van der Waals surface area contributed by atoms with Crippen LogP contribution in [0.15, 0.2) is 77.7 Å². The monoisotopic (exact) mass is 459 g/mol. The summed E-state index contributed by atoms with van der Waals surface area (Å²) in [7, 11) is 0. The minimum atomic E-state index is -1.06. The number of hydrogen-bond donors (Lipinski definition) is 2. The van der Waals surface area contributed by atoms with Crippen molar-refractivity contribution in [1.29, 1.82) is 0 Å². The molecule has 2 nitrogen and oxygen atoms in total. The molecule has 0 aliphatic rings. The SMILES string of the molecule is CCNCC(C)C(O)(c1ccccc1)c1ccc(SCc2ccc(Cl)cc2Cl)cc1. The van der Waals surface area contributed by atoms with E-state index < -0.39 is 5.60 Å². The second-order valence-electron chi connectivity index (χ2n) is 7.39. The van der Waals surface area contributed by atoms with Crippen molar-refractivity contribution in [2.75, 3.05) is 13.1 Å². The maximum atomic E-state index is 11.8. The summed E-state index contributed by atoms with van der Waals surface area (Å²) in [6.45, 7) is 5.76. The van der Waals surface area contributed by atoms with E-state index in [1.165, 1.54) is 0 Å². The molecule has 0 saturated carbocycles. The number of rotatable bonds is 9. The maximum Gasteiger partial charge on any atom is 0.118 e. The van der Waals surface area contributed by atoms with E-state index in [0.29, 0.717) is 10.0 Å². The van der Waals surface area contributed by atoms with Gasteiger partial charge in [0.15, 0.2) is 0 Å². The Kier molecular flexibility index (Phi) is 8.27. The van der Waals surface area contributed by atoms with Crippen molar-refractivity contribution in [3.63, 3.8) is 0 Å². The molecule has 0 saturated heterocycles. The van der Waals surface area contributed by atoms with Crippen LogP contribution in [0, 0.1) is 5.92 Å². The number of benzene rings is 3. The molecule has 3 aromatic carbocycles. The van der Waals surface area contributed by atoms with Gasteiger partial charge in [-0.2, -0.15) is 0 Å². The molecule has 2 unspecified atom stereocenters. The molecule has 0 bridgehead atoms. The summed E-state index contributed by atoms with van der Waals surface area (Å²) < 4.78 is 0. The second-order valence-corrected chi connectivity index (χ2v) is 9.28. The molecule has 3 rings (SSSR count). The maximum absolute atomic E-state index is 11.8. The zero-order valence-electron chi connectivity index (χ0n) is 17.2. The first-order chi connectivity index (χ1) is 14.4. The van der Waals surface area contributed by atoms with Crippen LogP contribution in [0.5, 0.6) is 0 Å². The van der Waals surface area contributed by atoms with Crippen molar-refractivity contribution >= 4 is 35.0 Å². The van der Waals surface area contributed by atoms with Crippen LogP contribution in [0.2, 0.25) is 10.0 Å². The second kappa shape index (κ2) is 10.7. The predicted molar refractivity (Wildman–Crippen MR) is 130 cm³/mol. The number of halogens is 2. The van der Waals surface area contributed by atoms with E-state index in [0.717, 1.165) is 40.4 Å². The molecule has 30 heavy (non-hydrogen) atoms. The van der Waals surface area contributed by atoms with Crippen molar-refractivity contribution < 1.29 is 5.11 Å². The summed E-state index contributed by atoms with van der Waals surface area (Å²) in [6, 6.07) is 23.7. The largest absolute Gasteiger partial charge is 0.380 e. The quantitative estimate of drug-likeness (QED) is 0.346. The van der Waals surface area contributed by atoms with E-state index >= 15 is 0 Å². The fourth-order valence-electron chi connectivity index (χ4n) is 3.54. The third-order valence-electron chi connectivity index (χ3n) is 5.33. The Morgan fingerprint density at radius 1 is 0.967 bits per heavy atom. The van der Waals surface area contributed by atoms with Gasteiger partial charge in [-0.1, -0.05) is 85.6 Å². The van der Waals surface area contributed by atoms with Gasteiger partial charge in [0.1, 0.15) is 5.60 Å². The van der Waals surface area contributed by atoms with Crippen LogP contribution in [0.4, 0.5) is 0 Å². The summed E-state index contributed by atoms with van der Waals surface area (Å²) >= 11 is 14.0. The molecule has 0 heterocycles. The highest BCUT2D eigenvalue weighted by molar-refractivity contribution is 7.98. The van der Waals surface area contributed by atoms with Gasteiger partial charge in [0.25, 0.3) is 0 Å². The zero-order chi connectivity index (χ0) is 21.6. The van der Waals surface area contributed by atoms with Crippen LogP contribution < -0.4 is 5.32 Å². The topological polar surface area (TPSA) is 32.3 Å². The Labute approximate surface area is 193 Å². The van der Waals surface area contributed by atoms with E-state index in [-0.39, 0.29) is 5.92 Å². The third kappa shape index (κ3) is 5.40. The lowest BCUT2D eigenvalue weighted by atomic mass is 9.77. The summed E-state index contributed by atoms with van der Waals surface area (Å²) in [5.74, 6) is 0.765. The Bertz CT molecular complexity index is 949. The highest BCUT2D eigenvalue weighted by atomic mass is 35.5. The van der Waals surface area contributed by atoms with Gasteiger partial charge >= 0.3 is 0 Å². The molecule has 0 aliphatic heterocycles. The summed E-state index contributed by atoms with van der Waals surface area (Å²) in [5.41, 5.74) is 1.79. The van der Waals surface area contributed by atoms with Crippen molar-refractivity contribution in [3.05, 3.63) is 99.5 Å². The summed E-state index contributed by atoms with van der Waals surface area (Å²) in [5, 5.41) is 16.5.